The third kappa shape index (κ3) is 4.16. The molecule has 3 heterocycles. The van der Waals surface area contributed by atoms with Crippen LogP contribution >= 0.6 is 0 Å². The lowest BCUT2D eigenvalue weighted by Gasteiger charge is -2.30. The van der Waals surface area contributed by atoms with E-state index in [-0.39, 0.29) is 6.54 Å². The van der Waals surface area contributed by atoms with Crippen molar-refractivity contribution < 1.29 is 18.4 Å². The molecule has 1 aliphatic rings. The molecule has 3 aromatic rings. The molecule has 8 heteroatoms. The molecule has 4 rings (SSSR count). The summed E-state index contributed by atoms with van der Waals surface area (Å²) in [6.45, 7) is 2.28. The number of aromatic nitrogens is 1. The topological polar surface area (TPSA) is 101 Å². The highest BCUT2D eigenvalue weighted by Gasteiger charge is 2.24. The van der Waals surface area contributed by atoms with Crippen LogP contribution in [0.3, 0.4) is 0 Å². The summed E-state index contributed by atoms with van der Waals surface area (Å²) in [7, 11) is 0. The van der Waals surface area contributed by atoms with Gasteiger partial charge in [0.15, 0.2) is 5.58 Å². The number of para-hydroxylation sites is 2. The Bertz CT molecular complexity index is 909. The fourth-order valence-corrected chi connectivity index (χ4v) is 3.30. The molecule has 1 saturated heterocycles. The number of benzene rings is 1. The molecule has 0 radical (unpaired) electrons. The Morgan fingerprint density at radius 3 is 2.61 bits per heavy atom. The molecule has 0 atom stereocenters. The molecule has 146 valence electrons. The number of rotatable bonds is 5. The van der Waals surface area contributed by atoms with E-state index < -0.39 is 11.8 Å². The summed E-state index contributed by atoms with van der Waals surface area (Å²) in [4.78, 5) is 30.4. The van der Waals surface area contributed by atoms with Gasteiger partial charge in [-0.3, -0.25) is 9.59 Å². The SMILES string of the molecule is O=C(NCc1ccco1)C(=O)NCC1CCN(c2nc3ccccc3o2)CC1. The van der Waals surface area contributed by atoms with E-state index >= 15 is 0 Å². The van der Waals surface area contributed by atoms with Crippen LogP contribution in [-0.2, 0) is 16.1 Å². The summed E-state index contributed by atoms with van der Waals surface area (Å²) in [5, 5.41) is 5.26. The Labute approximate surface area is 161 Å². The zero-order valence-electron chi connectivity index (χ0n) is 15.4. The van der Waals surface area contributed by atoms with Crippen LogP contribution in [0.25, 0.3) is 11.1 Å². The lowest BCUT2D eigenvalue weighted by Crippen LogP contribution is -2.43. The van der Waals surface area contributed by atoms with Gasteiger partial charge in [-0.2, -0.15) is 4.98 Å². The first-order valence-corrected chi connectivity index (χ1v) is 9.38. The van der Waals surface area contributed by atoms with Gasteiger partial charge in [0, 0.05) is 19.6 Å². The third-order valence-corrected chi connectivity index (χ3v) is 4.93. The van der Waals surface area contributed by atoms with Gasteiger partial charge in [0.05, 0.1) is 12.8 Å². The number of oxazole rings is 1. The second-order valence-corrected chi connectivity index (χ2v) is 6.87. The molecular weight excluding hydrogens is 360 g/mol. The summed E-state index contributed by atoms with van der Waals surface area (Å²) < 4.78 is 10.9. The standard InChI is InChI=1S/C20H22N4O4/c25-18(19(26)22-13-15-4-3-11-27-15)21-12-14-7-9-24(10-8-14)20-23-16-5-1-2-6-17(16)28-20/h1-6,11,14H,7-10,12-13H2,(H,21,25)(H,22,26). The normalized spacial score (nSPS) is 14.9. The number of piperidine rings is 1. The van der Waals surface area contributed by atoms with Crippen LogP contribution in [0.2, 0.25) is 0 Å². The molecule has 2 N–H and O–H groups in total. The van der Waals surface area contributed by atoms with Crippen molar-refractivity contribution in [1.82, 2.24) is 15.6 Å². The van der Waals surface area contributed by atoms with Crippen LogP contribution in [0, 0.1) is 5.92 Å². The lowest BCUT2D eigenvalue weighted by molar-refractivity contribution is -0.139. The fraction of sp³-hybridized carbons (Fsp3) is 0.350. The van der Waals surface area contributed by atoms with E-state index in [4.69, 9.17) is 8.83 Å². The molecule has 0 saturated carbocycles. The van der Waals surface area contributed by atoms with Gasteiger partial charge in [0.2, 0.25) is 0 Å². The summed E-state index contributed by atoms with van der Waals surface area (Å²) in [5.41, 5.74) is 1.64. The van der Waals surface area contributed by atoms with Crippen LogP contribution in [0.5, 0.6) is 0 Å². The van der Waals surface area contributed by atoms with Gasteiger partial charge in [-0.25, -0.2) is 0 Å². The van der Waals surface area contributed by atoms with Crippen LogP contribution in [-0.4, -0.2) is 36.4 Å². The molecule has 0 spiro atoms. The first-order valence-electron chi connectivity index (χ1n) is 9.38. The van der Waals surface area contributed by atoms with Gasteiger partial charge in [-0.15, -0.1) is 0 Å². The van der Waals surface area contributed by atoms with Crippen LogP contribution < -0.4 is 15.5 Å². The van der Waals surface area contributed by atoms with Crippen molar-refractivity contribution in [2.45, 2.75) is 19.4 Å². The minimum atomic E-state index is -0.652. The average molecular weight is 382 g/mol. The molecule has 1 fully saturated rings. The van der Waals surface area contributed by atoms with E-state index in [1.807, 2.05) is 24.3 Å². The molecule has 0 bridgehead atoms. The highest BCUT2D eigenvalue weighted by atomic mass is 16.4. The Balaban J connectivity index is 1.21. The van der Waals surface area contributed by atoms with Crippen LogP contribution in [0.1, 0.15) is 18.6 Å². The molecule has 1 aliphatic heterocycles. The van der Waals surface area contributed by atoms with E-state index in [9.17, 15) is 9.59 Å². The Hall–Kier alpha value is -3.29. The van der Waals surface area contributed by atoms with Crippen LogP contribution in [0.4, 0.5) is 6.01 Å². The number of nitrogens with one attached hydrogen (secondary N) is 2. The van der Waals surface area contributed by atoms with Gasteiger partial charge in [-0.05, 0) is 43.0 Å². The number of amides is 2. The average Bonchev–Trinajstić information content (AvgIpc) is 3.40. The minimum absolute atomic E-state index is 0.197. The highest BCUT2D eigenvalue weighted by molar-refractivity contribution is 6.35. The number of carbonyl (C=O) groups is 2. The van der Waals surface area contributed by atoms with E-state index in [2.05, 4.69) is 20.5 Å². The number of hydrogen-bond acceptors (Lipinski definition) is 6. The number of furan rings is 1. The number of anilines is 1. The molecular formula is C20H22N4O4. The maximum absolute atomic E-state index is 11.9. The Morgan fingerprint density at radius 2 is 1.86 bits per heavy atom. The second kappa shape index (κ2) is 8.16. The summed E-state index contributed by atoms with van der Waals surface area (Å²) in [5.74, 6) is -0.344. The van der Waals surface area contributed by atoms with Crippen molar-refractivity contribution in [3.8, 4) is 0 Å². The maximum Gasteiger partial charge on any atom is 0.309 e. The van der Waals surface area contributed by atoms with Crippen molar-refractivity contribution >= 4 is 28.9 Å². The van der Waals surface area contributed by atoms with Gasteiger partial charge in [0.25, 0.3) is 6.01 Å². The predicted octanol–water partition coefficient (Wildman–Crippen LogP) is 2.07. The van der Waals surface area contributed by atoms with E-state index in [0.717, 1.165) is 37.0 Å². The third-order valence-electron chi connectivity index (χ3n) is 4.93. The smallest absolute Gasteiger partial charge is 0.309 e. The number of carbonyl (C=O) groups excluding carboxylic acids is 2. The van der Waals surface area contributed by atoms with E-state index in [0.29, 0.717) is 24.2 Å². The molecule has 1 aromatic carbocycles. The lowest BCUT2D eigenvalue weighted by atomic mass is 9.97. The quantitative estimate of drug-likeness (QED) is 0.655. The number of nitrogens with zero attached hydrogens (tertiary/aromatic N) is 2. The monoisotopic (exact) mass is 382 g/mol. The zero-order chi connectivity index (χ0) is 19.3. The predicted molar refractivity (Wildman–Crippen MR) is 103 cm³/mol. The van der Waals surface area contributed by atoms with Gasteiger partial charge < -0.3 is 24.4 Å². The Morgan fingerprint density at radius 1 is 1.07 bits per heavy atom. The first kappa shape index (κ1) is 18.1. The van der Waals surface area contributed by atoms with E-state index in [1.165, 1.54) is 6.26 Å². The van der Waals surface area contributed by atoms with Crippen molar-refractivity contribution in [2.75, 3.05) is 24.5 Å². The van der Waals surface area contributed by atoms with Crippen molar-refractivity contribution in [1.29, 1.82) is 0 Å². The first-order chi connectivity index (χ1) is 13.7. The van der Waals surface area contributed by atoms with E-state index in [1.54, 1.807) is 12.1 Å². The van der Waals surface area contributed by atoms with Crippen molar-refractivity contribution in [2.24, 2.45) is 5.92 Å². The minimum Gasteiger partial charge on any atom is -0.467 e. The Kier molecular flexibility index (Phi) is 5.27. The summed E-state index contributed by atoms with van der Waals surface area (Å²) >= 11 is 0. The molecule has 0 aliphatic carbocycles. The number of fused-ring (bicyclic) bond motifs is 1. The number of hydrogen-bond donors (Lipinski definition) is 2. The molecule has 8 nitrogen and oxygen atoms in total. The molecule has 28 heavy (non-hydrogen) atoms. The van der Waals surface area contributed by atoms with Crippen molar-refractivity contribution in [3.63, 3.8) is 0 Å². The molecule has 0 unspecified atom stereocenters. The summed E-state index contributed by atoms with van der Waals surface area (Å²) in [6, 6.07) is 11.8. The molecule has 2 amide bonds. The second-order valence-electron chi connectivity index (χ2n) is 6.87. The zero-order valence-corrected chi connectivity index (χ0v) is 15.4. The largest absolute Gasteiger partial charge is 0.467 e. The maximum atomic E-state index is 11.9. The highest BCUT2D eigenvalue weighted by Crippen LogP contribution is 2.26. The van der Waals surface area contributed by atoms with Crippen LogP contribution in [0.15, 0.2) is 51.5 Å². The van der Waals surface area contributed by atoms with Gasteiger partial charge in [-0.1, -0.05) is 12.1 Å². The van der Waals surface area contributed by atoms with Crippen molar-refractivity contribution in [3.05, 3.63) is 48.4 Å². The summed E-state index contributed by atoms with van der Waals surface area (Å²) in [6.07, 6.45) is 3.31. The van der Waals surface area contributed by atoms with Gasteiger partial charge in [0.1, 0.15) is 11.3 Å². The van der Waals surface area contributed by atoms with Gasteiger partial charge >= 0.3 is 11.8 Å². The fourth-order valence-electron chi connectivity index (χ4n) is 3.30. The molecule has 2 aromatic heterocycles.